The van der Waals surface area contributed by atoms with Crippen LogP contribution in [0.2, 0.25) is 10.0 Å². The van der Waals surface area contributed by atoms with Crippen LogP contribution in [0.25, 0.3) is 0 Å². The van der Waals surface area contributed by atoms with E-state index >= 15 is 0 Å². The van der Waals surface area contributed by atoms with Crippen molar-refractivity contribution in [1.29, 1.82) is 0 Å². The topological polar surface area (TPSA) is 38.3 Å². The Balaban J connectivity index is 1.99. The fraction of sp³-hybridized carbons (Fsp3) is 0.235. The molecule has 3 nitrogen and oxygen atoms in total. The van der Waals surface area contributed by atoms with E-state index < -0.39 is 6.10 Å². The van der Waals surface area contributed by atoms with Gasteiger partial charge in [0.25, 0.3) is 5.91 Å². The van der Waals surface area contributed by atoms with Gasteiger partial charge in [-0.1, -0.05) is 35.3 Å². The van der Waals surface area contributed by atoms with Gasteiger partial charge < -0.3 is 10.1 Å². The summed E-state index contributed by atoms with van der Waals surface area (Å²) >= 11 is 11.9. The zero-order valence-electron chi connectivity index (χ0n) is 12.6. The zero-order chi connectivity index (χ0) is 17.0. The molecular formula is C17H16Cl2FNO2. The number of amides is 1. The lowest BCUT2D eigenvalue weighted by molar-refractivity contribution is -0.127. The molecule has 0 heterocycles. The smallest absolute Gasteiger partial charge is 0.261 e. The standard InChI is InChI=1S/C17H16Cl2FNO2/c1-10(12-3-6-14(20)7-4-12)21-17(22)11(2)23-16-9-13(18)5-8-15(16)19/h3-11H,1-2H3,(H,21,22)/t10-,11+/m0/s1. The van der Waals surface area contributed by atoms with Crippen LogP contribution in [0.4, 0.5) is 4.39 Å². The van der Waals surface area contributed by atoms with Gasteiger partial charge in [0.05, 0.1) is 11.1 Å². The highest BCUT2D eigenvalue weighted by atomic mass is 35.5. The van der Waals surface area contributed by atoms with Gasteiger partial charge in [-0.25, -0.2) is 4.39 Å². The molecule has 0 aliphatic carbocycles. The summed E-state index contributed by atoms with van der Waals surface area (Å²) in [6, 6.07) is 10.5. The van der Waals surface area contributed by atoms with E-state index in [0.29, 0.717) is 15.8 Å². The predicted molar refractivity (Wildman–Crippen MR) is 89.5 cm³/mol. The molecule has 0 saturated heterocycles. The third kappa shape index (κ3) is 4.85. The van der Waals surface area contributed by atoms with Gasteiger partial charge in [-0.15, -0.1) is 0 Å². The lowest BCUT2D eigenvalue weighted by Gasteiger charge is -2.19. The Morgan fingerprint density at radius 3 is 2.43 bits per heavy atom. The van der Waals surface area contributed by atoms with Gasteiger partial charge in [-0.05, 0) is 43.7 Å². The summed E-state index contributed by atoms with van der Waals surface area (Å²) in [7, 11) is 0. The van der Waals surface area contributed by atoms with E-state index in [9.17, 15) is 9.18 Å². The Kier molecular flexibility index (Phi) is 5.85. The molecule has 0 saturated carbocycles. The number of benzene rings is 2. The zero-order valence-corrected chi connectivity index (χ0v) is 14.2. The molecule has 23 heavy (non-hydrogen) atoms. The first kappa shape index (κ1) is 17.6. The van der Waals surface area contributed by atoms with Crippen LogP contribution in [-0.2, 0) is 4.79 Å². The Labute approximate surface area is 144 Å². The summed E-state index contributed by atoms with van der Waals surface area (Å²) in [5.74, 6) is -0.284. The van der Waals surface area contributed by atoms with Crippen LogP contribution in [-0.4, -0.2) is 12.0 Å². The Morgan fingerprint density at radius 1 is 1.13 bits per heavy atom. The van der Waals surface area contributed by atoms with Crippen molar-refractivity contribution in [1.82, 2.24) is 5.32 Å². The second kappa shape index (κ2) is 7.66. The van der Waals surface area contributed by atoms with Crippen molar-refractivity contribution in [2.75, 3.05) is 0 Å². The largest absolute Gasteiger partial charge is 0.479 e. The molecule has 0 fully saturated rings. The molecular weight excluding hydrogens is 340 g/mol. The fourth-order valence-corrected chi connectivity index (χ4v) is 2.30. The number of carbonyl (C=O) groups is 1. The second-order valence-corrected chi connectivity index (χ2v) is 5.96. The average molecular weight is 356 g/mol. The SMILES string of the molecule is C[C@H](NC(=O)[C@@H](C)Oc1cc(Cl)ccc1Cl)c1ccc(F)cc1. The number of halogens is 3. The maximum atomic E-state index is 12.9. The van der Waals surface area contributed by atoms with E-state index in [-0.39, 0.29) is 17.8 Å². The van der Waals surface area contributed by atoms with Gasteiger partial charge in [0.2, 0.25) is 0 Å². The van der Waals surface area contributed by atoms with Crippen LogP contribution in [0, 0.1) is 5.82 Å². The van der Waals surface area contributed by atoms with Crippen LogP contribution in [0.15, 0.2) is 42.5 Å². The predicted octanol–water partition coefficient (Wildman–Crippen LogP) is 4.78. The normalized spacial score (nSPS) is 13.3. The first-order valence-corrected chi connectivity index (χ1v) is 7.80. The minimum Gasteiger partial charge on any atom is -0.479 e. The van der Waals surface area contributed by atoms with Gasteiger partial charge in [0.1, 0.15) is 11.6 Å². The van der Waals surface area contributed by atoms with Crippen molar-refractivity contribution in [3.63, 3.8) is 0 Å². The van der Waals surface area contributed by atoms with Crippen molar-refractivity contribution in [2.24, 2.45) is 0 Å². The lowest BCUT2D eigenvalue weighted by Crippen LogP contribution is -2.37. The molecule has 0 aliphatic rings. The Morgan fingerprint density at radius 2 is 1.78 bits per heavy atom. The highest BCUT2D eigenvalue weighted by molar-refractivity contribution is 6.34. The van der Waals surface area contributed by atoms with E-state index in [1.54, 1.807) is 37.3 Å². The molecule has 2 aromatic carbocycles. The summed E-state index contributed by atoms with van der Waals surface area (Å²) in [5, 5.41) is 3.65. The molecule has 6 heteroatoms. The highest BCUT2D eigenvalue weighted by Crippen LogP contribution is 2.28. The number of hydrogen-bond donors (Lipinski definition) is 1. The molecule has 0 bridgehead atoms. The average Bonchev–Trinajstić information content (AvgIpc) is 2.51. The van der Waals surface area contributed by atoms with Crippen molar-refractivity contribution < 1.29 is 13.9 Å². The van der Waals surface area contributed by atoms with Gasteiger partial charge in [0, 0.05) is 11.1 Å². The van der Waals surface area contributed by atoms with Gasteiger partial charge in [0.15, 0.2) is 6.10 Å². The monoisotopic (exact) mass is 355 g/mol. The molecule has 0 spiro atoms. The molecule has 0 aromatic heterocycles. The highest BCUT2D eigenvalue weighted by Gasteiger charge is 2.19. The van der Waals surface area contributed by atoms with E-state index in [0.717, 1.165) is 5.56 Å². The number of nitrogens with one attached hydrogen (secondary N) is 1. The first-order valence-electron chi connectivity index (χ1n) is 7.04. The fourth-order valence-electron chi connectivity index (χ4n) is 1.98. The number of carbonyl (C=O) groups excluding carboxylic acids is 1. The van der Waals surface area contributed by atoms with E-state index in [2.05, 4.69) is 5.32 Å². The van der Waals surface area contributed by atoms with Crippen LogP contribution in [0.1, 0.15) is 25.5 Å². The summed E-state index contributed by atoms with van der Waals surface area (Å²) < 4.78 is 18.5. The van der Waals surface area contributed by atoms with Crippen LogP contribution in [0.5, 0.6) is 5.75 Å². The Hall–Kier alpha value is -1.78. The van der Waals surface area contributed by atoms with Crippen molar-refractivity contribution in [3.05, 3.63) is 63.9 Å². The lowest BCUT2D eigenvalue weighted by atomic mass is 10.1. The molecule has 2 aromatic rings. The molecule has 2 atom stereocenters. The molecule has 0 radical (unpaired) electrons. The molecule has 0 aliphatic heterocycles. The number of rotatable bonds is 5. The van der Waals surface area contributed by atoms with Gasteiger partial charge in [-0.3, -0.25) is 4.79 Å². The molecule has 2 rings (SSSR count). The Bertz CT molecular complexity index is 691. The third-order valence-electron chi connectivity index (χ3n) is 3.29. The summed E-state index contributed by atoms with van der Waals surface area (Å²) in [4.78, 5) is 12.2. The van der Waals surface area contributed by atoms with E-state index in [1.807, 2.05) is 6.92 Å². The molecule has 122 valence electrons. The van der Waals surface area contributed by atoms with Crippen LogP contribution < -0.4 is 10.1 Å². The quantitative estimate of drug-likeness (QED) is 0.838. The molecule has 1 amide bonds. The summed E-state index contributed by atoms with van der Waals surface area (Å²) in [6.45, 7) is 3.42. The van der Waals surface area contributed by atoms with Crippen molar-refractivity contribution in [3.8, 4) is 5.75 Å². The second-order valence-electron chi connectivity index (χ2n) is 5.12. The third-order valence-corrected chi connectivity index (χ3v) is 3.84. The van der Waals surface area contributed by atoms with Crippen molar-refractivity contribution >= 4 is 29.1 Å². The minimum absolute atomic E-state index is 0.274. The number of ether oxygens (including phenoxy) is 1. The number of hydrogen-bond acceptors (Lipinski definition) is 2. The molecule has 0 unspecified atom stereocenters. The summed E-state index contributed by atoms with van der Waals surface area (Å²) in [5.41, 5.74) is 0.799. The van der Waals surface area contributed by atoms with Crippen LogP contribution in [0.3, 0.4) is 0 Å². The minimum atomic E-state index is -0.756. The molecule has 1 N–H and O–H groups in total. The first-order chi connectivity index (χ1) is 10.9. The maximum absolute atomic E-state index is 12.9. The summed E-state index contributed by atoms with van der Waals surface area (Å²) in [6.07, 6.45) is -0.756. The maximum Gasteiger partial charge on any atom is 0.261 e. The van der Waals surface area contributed by atoms with Crippen molar-refractivity contribution in [2.45, 2.75) is 26.0 Å². The van der Waals surface area contributed by atoms with E-state index in [4.69, 9.17) is 27.9 Å². The van der Waals surface area contributed by atoms with Gasteiger partial charge >= 0.3 is 0 Å². The van der Waals surface area contributed by atoms with Crippen LogP contribution >= 0.6 is 23.2 Å². The van der Waals surface area contributed by atoms with Gasteiger partial charge in [-0.2, -0.15) is 0 Å². The van der Waals surface area contributed by atoms with E-state index in [1.165, 1.54) is 12.1 Å².